The van der Waals surface area contributed by atoms with Crippen LogP contribution in [0.4, 0.5) is 5.13 Å². The van der Waals surface area contributed by atoms with Crippen LogP contribution in [0, 0.1) is 12.8 Å². The Morgan fingerprint density at radius 2 is 2.53 bits per heavy atom. The number of fused-ring (bicyclic) bond motifs is 1. The monoisotopic (exact) mass is 225 g/mol. The summed E-state index contributed by atoms with van der Waals surface area (Å²) in [4.78, 5) is 4.38. The number of aromatic nitrogens is 1. The highest BCUT2D eigenvalue weighted by Gasteiger charge is 2.52. The van der Waals surface area contributed by atoms with Gasteiger partial charge in [-0.3, -0.25) is 0 Å². The van der Waals surface area contributed by atoms with Crippen molar-refractivity contribution < 1.29 is 4.74 Å². The van der Waals surface area contributed by atoms with Crippen molar-refractivity contribution in [2.45, 2.75) is 31.5 Å². The fraction of sp³-hybridized carbons (Fsp3) is 0.700. The van der Waals surface area contributed by atoms with Crippen LogP contribution in [0.25, 0.3) is 0 Å². The Morgan fingerprint density at radius 3 is 3.27 bits per heavy atom. The van der Waals surface area contributed by atoms with Crippen molar-refractivity contribution >= 4 is 16.5 Å². The van der Waals surface area contributed by atoms with Crippen LogP contribution in [-0.4, -0.2) is 29.8 Å². The molecule has 15 heavy (non-hydrogen) atoms. The second kappa shape index (κ2) is 3.43. The van der Waals surface area contributed by atoms with Gasteiger partial charge in [-0.05, 0) is 13.3 Å². The van der Waals surface area contributed by atoms with E-state index in [1.807, 2.05) is 12.3 Å². The third kappa shape index (κ3) is 1.46. The Balaban J connectivity index is 1.69. The maximum Gasteiger partial charge on any atom is 0.183 e. The summed E-state index contributed by atoms with van der Waals surface area (Å²) in [6, 6.07) is 0.477. The average molecular weight is 225 g/mol. The van der Waals surface area contributed by atoms with E-state index in [9.17, 15) is 0 Å². The van der Waals surface area contributed by atoms with Crippen LogP contribution >= 0.6 is 11.3 Å². The van der Waals surface area contributed by atoms with Gasteiger partial charge in [-0.2, -0.15) is 0 Å². The van der Waals surface area contributed by atoms with Crippen LogP contribution < -0.4 is 11.1 Å². The minimum Gasteiger partial charge on any atom is -0.376 e. The zero-order valence-electron chi connectivity index (χ0n) is 8.64. The normalized spacial score (nSPS) is 38.5. The SMILES string of the molecule is Cc1csc(NC2C(N)C3CCOC32)n1. The first kappa shape index (κ1) is 9.57. The molecule has 1 aromatic rings. The van der Waals surface area contributed by atoms with Gasteiger partial charge >= 0.3 is 0 Å². The molecule has 0 amide bonds. The summed E-state index contributed by atoms with van der Waals surface area (Å²) in [6.07, 6.45) is 1.42. The summed E-state index contributed by atoms with van der Waals surface area (Å²) in [6.45, 7) is 2.86. The summed E-state index contributed by atoms with van der Waals surface area (Å²) < 4.78 is 5.65. The van der Waals surface area contributed by atoms with Crippen molar-refractivity contribution in [2.24, 2.45) is 11.7 Å². The number of nitrogens with zero attached hydrogens (tertiary/aromatic N) is 1. The molecular weight excluding hydrogens is 210 g/mol. The topological polar surface area (TPSA) is 60.2 Å². The second-order valence-corrected chi connectivity index (χ2v) is 5.19. The molecule has 3 N–H and O–H groups in total. The molecule has 2 fully saturated rings. The number of hydrogen-bond donors (Lipinski definition) is 2. The molecule has 4 atom stereocenters. The first-order valence-electron chi connectivity index (χ1n) is 5.31. The number of rotatable bonds is 2. The maximum atomic E-state index is 6.10. The minimum atomic E-state index is 0.224. The lowest BCUT2D eigenvalue weighted by Gasteiger charge is -2.45. The predicted molar refractivity (Wildman–Crippen MR) is 60.1 cm³/mol. The number of thiazole rings is 1. The van der Waals surface area contributed by atoms with Crippen LogP contribution in [0.1, 0.15) is 12.1 Å². The smallest absolute Gasteiger partial charge is 0.183 e. The number of nitrogens with one attached hydrogen (secondary N) is 1. The number of anilines is 1. The average Bonchev–Trinajstić information content (AvgIpc) is 2.80. The van der Waals surface area contributed by atoms with E-state index in [1.165, 1.54) is 0 Å². The van der Waals surface area contributed by atoms with Crippen LogP contribution in [0.15, 0.2) is 5.38 Å². The molecule has 4 nitrogen and oxygen atoms in total. The molecule has 0 bridgehead atoms. The number of hydrogen-bond acceptors (Lipinski definition) is 5. The molecule has 0 spiro atoms. The molecule has 1 saturated heterocycles. The molecule has 2 aliphatic rings. The molecule has 1 aliphatic carbocycles. The van der Waals surface area contributed by atoms with Crippen LogP contribution in [0.3, 0.4) is 0 Å². The first-order valence-corrected chi connectivity index (χ1v) is 6.19. The van der Waals surface area contributed by atoms with Gasteiger partial charge in [0.25, 0.3) is 0 Å². The Labute approximate surface area is 92.8 Å². The molecule has 0 radical (unpaired) electrons. The summed E-state index contributed by atoms with van der Waals surface area (Å²) in [5, 5.41) is 6.38. The highest BCUT2D eigenvalue weighted by Crippen LogP contribution is 2.39. The third-order valence-electron chi connectivity index (χ3n) is 3.36. The summed E-state index contributed by atoms with van der Waals surface area (Å²) in [7, 11) is 0. The van der Waals surface area contributed by atoms with E-state index in [0.717, 1.165) is 23.9 Å². The van der Waals surface area contributed by atoms with E-state index in [4.69, 9.17) is 10.5 Å². The van der Waals surface area contributed by atoms with Gasteiger partial charge in [-0.25, -0.2) is 4.98 Å². The van der Waals surface area contributed by atoms with Crippen molar-refractivity contribution in [3.05, 3.63) is 11.1 Å². The molecule has 82 valence electrons. The van der Waals surface area contributed by atoms with E-state index < -0.39 is 0 Å². The van der Waals surface area contributed by atoms with Crippen LogP contribution in [0.5, 0.6) is 0 Å². The number of aryl methyl sites for hydroxylation is 1. The van der Waals surface area contributed by atoms with Crippen molar-refractivity contribution in [3.63, 3.8) is 0 Å². The molecule has 2 heterocycles. The standard InChI is InChI=1S/C10H15N3OS/c1-5-4-15-10(12-5)13-8-7(11)6-2-3-14-9(6)8/h4,6-9H,2-3,11H2,1H3,(H,12,13). The zero-order valence-corrected chi connectivity index (χ0v) is 9.46. The third-order valence-corrected chi connectivity index (χ3v) is 4.25. The van der Waals surface area contributed by atoms with Crippen LogP contribution in [0.2, 0.25) is 0 Å². The molecule has 5 heteroatoms. The highest BCUT2D eigenvalue weighted by molar-refractivity contribution is 7.13. The van der Waals surface area contributed by atoms with Gasteiger partial charge in [-0.1, -0.05) is 0 Å². The quantitative estimate of drug-likeness (QED) is 0.787. The molecule has 1 aliphatic heterocycles. The summed E-state index contributed by atoms with van der Waals surface area (Å²) in [5.74, 6) is 0.559. The van der Waals surface area contributed by atoms with E-state index in [-0.39, 0.29) is 12.1 Å². The minimum absolute atomic E-state index is 0.224. The lowest BCUT2D eigenvalue weighted by molar-refractivity contribution is 0.00537. The molecule has 0 aromatic carbocycles. The van der Waals surface area contributed by atoms with Gasteiger partial charge in [0.2, 0.25) is 0 Å². The fourth-order valence-corrected chi connectivity index (χ4v) is 3.23. The zero-order chi connectivity index (χ0) is 10.4. The van der Waals surface area contributed by atoms with E-state index in [0.29, 0.717) is 12.0 Å². The van der Waals surface area contributed by atoms with Crippen molar-refractivity contribution in [1.29, 1.82) is 0 Å². The molecule has 3 rings (SSSR count). The largest absolute Gasteiger partial charge is 0.376 e. The Morgan fingerprint density at radius 1 is 1.67 bits per heavy atom. The predicted octanol–water partition coefficient (Wildman–Crippen LogP) is 0.978. The van der Waals surface area contributed by atoms with Crippen molar-refractivity contribution in [1.82, 2.24) is 4.98 Å². The van der Waals surface area contributed by atoms with Gasteiger partial charge in [0.1, 0.15) is 0 Å². The fourth-order valence-electron chi connectivity index (χ4n) is 2.49. The van der Waals surface area contributed by atoms with Gasteiger partial charge in [0.15, 0.2) is 5.13 Å². The van der Waals surface area contributed by atoms with E-state index >= 15 is 0 Å². The number of nitrogens with two attached hydrogens (primary N) is 1. The summed E-state index contributed by atoms with van der Waals surface area (Å²) in [5.41, 5.74) is 7.15. The van der Waals surface area contributed by atoms with Crippen molar-refractivity contribution in [3.8, 4) is 0 Å². The molecule has 1 saturated carbocycles. The molecular formula is C10H15N3OS. The highest BCUT2D eigenvalue weighted by atomic mass is 32.1. The molecule has 1 aromatic heterocycles. The molecule has 4 unspecified atom stereocenters. The Hall–Kier alpha value is -0.650. The number of ether oxygens (including phenoxy) is 1. The first-order chi connectivity index (χ1) is 7.25. The van der Waals surface area contributed by atoms with Crippen LogP contribution in [-0.2, 0) is 4.74 Å². The van der Waals surface area contributed by atoms with E-state index in [1.54, 1.807) is 11.3 Å². The van der Waals surface area contributed by atoms with Crippen molar-refractivity contribution in [2.75, 3.05) is 11.9 Å². The second-order valence-electron chi connectivity index (χ2n) is 4.33. The lowest BCUT2D eigenvalue weighted by Crippen LogP contribution is -2.65. The summed E-state index contributed by atoms with van der Waals surface area (Å²) >= 11 is 1.63. The van der Waals surface area contributed by atoms with Gasteiger partial charge in [0, 0.05) is 23.9 Å². The Kier molecular flexibility index (Phi) is 2.19. The van der Waals surface area contributed by atoms with E-state index in [2.05, 4.69) is 10.3 Å². The maximum absolute atomic E-state index is 6.10. The Bertz CT molecular complexity index is 367. The van der Waals surface area contributed by atoms with Gasteiger partial charge < -0.3 is 15.8 Å². The van der Waals surface area contributed by atoms with Gasteiger partial charge in [-0.15, -0.1) is 11.3 Å². The lowest BCUT2D eigenvalue weighted by atomic mass is 9.72. The van der Waals surface area contributed by atoms with Gasteiger partial charge in [0.05, 0.1) is 17.8 Å².